The highest BCUT2D eigenvalue weighted by atomic mass is 16.5. The molecule has 0 aliphatic heterocycles. The molecule has 5 nitrogen and oxygen atoms in total. The van der Waals surface area contributed by atoms with Crippen molar-refractivity contribution in [1.29, 1.82) is 0 Å². The smallest absolute Gasteiger partial charge is 0.361 e. The minimum atomic E-state index is -0.526. The lowest BCUT2D eigenvalue weighted by atomic mass is 10.1. The van der Waals surface area contributed by atoms with Crippen LogP contribution in [0, 0.1) is 5.92 Å². The number of hydrogen-bond donors (Lipinski definition) is 1. The Morgan fingerprint density at radius 1 is 1.33 bits per heavy atom. The average Bonchev–Trinajstić information content (AvgIpc) is 2.18. The van der Waals surface area contributed by atoms with E-state index in [1.54, 1.807) is 0 Å². The van der Waals surface area contributed by atoms with Gasteiger partial charge in [0.1, 0.15) is 6.10 Å². The van der Waals surface area contributed by atoms with Crippen LogP contribution >= 0.6 is 0 Å². The minimum Gasteiger partial charge on any atom is -0.458 e. The predicted octanol–water partition coefficient (Wildman–Crippen LogP) is 1.26. The van der Waals surface area contributed by atoms with Gasteiger partial charge in [0.25, 0.3) is 0 Å². The zero-order valence-electron chi connectivity index (χ0n) is 9.10. The van der Waals surface area contributed by atoms with Crippen LogP contribution in [0.1, 0.15) is 31.3 Å². The summed E-state index contributed by atoms with van der Waals surface area (Å²) >= 11 is 0. The first-order chi connectivity index (χ1) is 7.02. The Bertz CT molecular complexity index is 352. The molecule has 1 rings (SSSR count). The SMILES string of the molecule is CC(C)C(C)OC(=O)c1nccnc1N. The topological polar surface area (TPSA) is 78.1 Å². The molecule has 0 fully saturated rings. The molecule has 1 aromatic rings. The van der Waals surface area contributed by atoms with Crippen molar-refractivity contribution in [1.82, 2.24) is 9.97 Å². The Kier molecular flexibility index (Phi) is 3.60. The van der Waals surface area contributed by atoms with Crippen LogP contribution in [0.25, 0.3) is 0 Å². The summed E-state index contributed by atoms with van der Waals surface area (Å²) in [5.41, 5.74) is 5.57. The van der Waals surface area contributed by atoms with Crippen molar-refractivity contribution in [3.05, 3.63) is 18.1 Å². The monoisotopic (exact) mass is 209 g/mol. The molecule has 0 aromatic carbocycles. The molecular formula is C10H15N3O2. The molecule has 2 N–H and O–H groups in total. The average molecular weight is 209 g/mol. The molecule has 0 aliphatic rings. The van der Waals surface area contributed by atoms with Crippen molar-refractivity contribution >= 4 is 11.8 Å². The number of aromatic nitrogens is 2. The Morgan fingerprint density at radius 2 is 1.93 bits per heavy atom. The number of ether oxygens (including phenoxy) is 1. The van der Waals surface area contributed by atoms with Crippen LogP contribution in [0.4, 0.5) is 5.82 Å². The summed E-state index contributed by atoms with van der Waals surface area (Å²) in [4.78, 5) is 19.2. The second-order valence-corrected chi connectivity index (χ2v) is 3.64. The van der Waals surface area contributed by atoms with Gasteiger partial charge in [-0.15, -0.1) is 0 Å². The van der Waals surface area contributed by atoms with E-state index in [2.05, 4.69) is 9.97 Å². The third-order valence-electron chi connectivity index (χ3n) is 2.15. The van der Waals surface area contributed by atoms with E-state index in [4.69, 9.17) is 10.5 Å². The van der Waals surface area contributed by atoms with Crippen LogP contribution in [0.5, 0.6) is 0 Å². The van der Waals surface area contributed by atoms with Crippen molar-refractivity contribution < 1.29 is 9.53 Å². The number of hydrogen-bond acceptors (Lipinski definition) is 5. The van der Waals surface area contributed by atoms with Crippen LogP contribution in [-0.4, -0.2) is 22.0 Å². The lowest BCUT2D eigenvalue weighted by Gasteiger charge is -2.16. The molecule has 0 saturated carbocycles. The summed E-state index contributed by atoms with van der Waals surface area (Å²) in [6, 6.07) is 0. The summed E-state index contributed by atoms with van der Waals surface area (Å²) < 4.78 is 5.16. The summed E-state index contributed by atoms with van der Waals surface area (Å²) in [6.07, 6.45) is 2.67. The molecule has 0 bridgehead atoms. The van der Waals surface area contributed by atoms with Crippen LogP contribution in [0.2, 0.25) is 0 Å². The van der Waals surface area contributed by atoms with Gasteiger partial charge in [-0.25, -0.2) is 14.8 Å². The maximum Gasteiger partial charge on any atom is 0.361 e. The van der Waals surface area contributed by atoms with Gasteiger partial charge in [-0.2, -0.15) is 0 Å². The van der Waals surface area contributed by atoms with Crippen molar-refractivity contribution in [3.63, 3.8) is 0 Å². The molecule has 1 aromatic heterocycles. The molecule has 82 valence electrons. The maximum atomic E-state index is 11.6. The summed E-state index contributed by atoms with van der Waals surface area (Å²) in [5, 5.41) is 0. The second-order valence-electron chi connectivity index (χ2n) is 3.64. The van der Waals surface area contributed by atoms with Crippen molar-refractivity contribution in [2.24, 2.45) is 5.92 Å². The highest BCUT2D eigenvalue weighted by Crippen LogP contribution is 2.11. The predicted molar refractivity (Wildman–Crippen MR) is 56.2 cm³/mol. The number of carbonyl (C=O) groups excluding carboxylic acids is 1. The molecule has 0 radical (unpaired) electrons. The standard InChI is InChI=1S/C10H15N3O2/c1-6(2)7(3)15-10(14)8-9(11)13-5-4-12-8/h4-7H,1-3H3,(H2,11,13). The fourth-order valence-electron chi connectivity index (χ4n) is 0.867. The number of anilines is 1. The fraction of sp³-hybridized carbons (Fsp3) is 0.500. The number of carbonyl (C=O) groups is 1. The van der Waals surface area contributed by atoms with E-state index in [0.29, 0.717) is 0 Å². The highest BCUT2D eigenvalue weighted by molar-refractivity contribution is 5.91. The first kappa shape index (κ1) is 11.4. The normalized spacial score (nSPS) is 12.5. The largest absolute Gasteiger partial charge is 0.458 e. The lowest BCUT2D eigenvalue weighted by molar-refractivity contribution is 0.0232. The number of nitrogen functional groups attached to an aromatic ring is 1. The van der Waals surface area contributed by atoms with Gasteiger partial charge in [0, 0.05) is 12.4 Å². The Labute approximate surface area is 88.7 Å². The van der Waals surface area contributed by atoms with Gasteiger partial charge in [-0.3, -0.25) is 0 Å². The quantitative estimate of drug-likeness (QED) is 0.758. The Balaban J connectivity index is 2.74. The summed E-state index contributed by atoms with van der Waals surface area (Å²) in [7, 11) is 0. The first-order valence-electron chi connectivity index (χ1n) is 4.79. The van der Waals surface area contributed by atoms with Crippen molar-refractivity contribution in [2.75, 3.05) is 5.73 Å². The number of esters is 1. The molecule has 5 heteroatoms. The lowest BCUT2D eigenvalue weighted by Crippen LogP contribution is -2.22. The van der Waals surface area contributed by atoms with E-state index in [9.17, 15) is 4.79 Å². The fourth-order valence-corrected chi connectivity index (χ4v) is 0.867. The molecule has 0 amide bonds. The minimum absolute atomic E-state index is 0.0741. The van der Waals surface area contributed by atoms with E-state index >= 15 is 0 Å². The van der Waals surface area contributed by atoms with Gasteiger partial charge < -0.3 is 10.5 Å². The van der Waals surface area contributed by atoms with E-state index < -0.39 is 5.97 Å². The second kappa shape index (κ2) is 4.72. The van der Waals surface area contributed by atoms with E-state index in [0.717, 1.165) is 0 Å². The van der Waals surface area contributed by atoms with Crippen LogP contribution in [-0.2, 0) is 4.74 Å². The molecule has 15 heavy (non-hydrogen) atoms. The molecule has 0 saturated heterocycles. The molecule has 1 atom stereocenters. The first-order valence-corrected chi connectivity index (χ1v) is 4.79. The number of rotatable bonds is 3. The van der Waals surface area contributed by atoms with Crippen LogP contribution < -0.4 is 5.73 Å². The Morgan fingerprint density at radius 3 is 2.47 bits per heavy atom. The van der Waals surface area contributed by atoms with Gasteiger partial charge in [0.15, 0.2) is 11.5 Å². The zero-order chi connectivity index (χ0) is 11.4. The number of nitrogens with two attached hydrogens (primary N) is 1. The summed E-state index contributed by atoms with van der Waals surface area (Å²) in [5.74, 6) is -0.174. The molecule has 0 aliphatic carbocycles. The van der Waals surface area contributed by atoms with Crippen molar-refractivity contribution in [2.45, 2.75) is 26.9 Å². The van der Waals surface area contributed by atoms with Crippen molar-refractivity contribution in [3.8, 4) is 0 Å². The van der Waals surface area contributed by atoms with Gasteiger partial charge >= 0.3 is 5.97 Å². The molecule has 1 unspecified atom stereocenters. The Hall–Kier alpha value is -1.65. The highest BCUT2D eigenvalue weighted by Gasteiger charge is 2.18. The third kappa shape index (κ3) is 2.90. The van der Waals surface area contributed by atoms with Gasteiger partial charge in [0.05, 0.1) is 0 Å². The zero-order valence-corrected chi connectivity index (χ0v) is 9.10. The van der Waals surface area contributed by atoms with E-state index in [-0.39, 0.29) is 23.5 Å². The molecule has 0 spiro atoms. The maximum absolute atomic E-state index is 11.6. The van der Waals surface area contributed by atoms with Gasteiger partial charge in [-0.05, 0) is 12.8 Å². The van der Waals surface area contributed by atoms with Gasteiger partial charge in [-0.1, -0.05) is 13.8 Å². The van der Waals surface area contributed by atoms with E-state index in [1.165, 1.54) is 12.4 Å². The van der Waals surface area contributed by atoms with E-state index in [1.807, 2.05) is 20.8 Å². The number of nitrogens with zero attached hydrogens (tertiary/aromatic N) is 2. The third-order valence-corrected chi connectivity index (χ3v) is 2.15. The van der Waals surface area contributed by atoms with Crippen LogP contribution in [0.3, 0.4) is 0 Å². The van der Waals surface area contributed by atoms with Gasteiger partial charge in [0.2, 0.25) is 0 Å². The molecule has 1 heterocycles. The molecular weight excluding hydrogens is 194 g/mol. The summed E-state index contributed by atoms with van der Waals surface area (Å²) in [6.45, 7) is 5.77. The van der Waals surface area contributed by atoms with Crippen LogP contribution in [0.15, 0.2) is 12.4 Å².